The molecule has 1 amide bonds. The van der Waals surface area contributed by atoms with Gasteiger partial charge >= 0.3 is 5.97 Å². The summed E-state index contributed by atoms with van der Waals surface area (Å²) in [4.78, 5) is 23.8. The summed E-state index contributed by atoms with van der Waals surface area (Å²) < 4.78 is 24.1. The molecule has 0 bridgehead atoms. The van der Waals surface area contributed by atoms with Crippen LogP contribution < -0.4 is 9.47 Å². The molecule has 0 saturated carbocycles. The number of benzene rings is 1. The number of carboxylic acids is 1. The smallest absolute Gasteiger partial charge is 0.343 e. The molecule has 1 fully saturated rings. The summed E-state index contributed by atoms with van der Waals surface area (Å²) in [5.74, 6) is -0.828. The zero-order chi connectivity index (χ0) is 15.5. The fourth-order valence-corrected chi connectivity index (χ4v) is 2.07. The zero-order valence-corrected chi connectivity index (χ0v) is 11.5. The topological polar surface area (TPSA) is 76.1 Å². The average molecular weight is 297 g/mol. The summed E-state index contributed by atoms with van der Waals surface area (Å²) in [7, 11) is 1.54. The molecule has 1 aliphatic rings. The maximum Gasteiger partial charge on any atom is 0.343 e. The van der Waals surface area contributed by atoms with Crippen LogP contribution in [0.5, 0.6) is 11.5 Å². The molecule has 0 aromatic heterocycles. The molecular formula is C14H16FNO5. The SMILES string of the molecule is COc1ccc(OCC(=O)N2CCC(F)(C(=O)O)C2)cc1. The lowest BCUT2D eigenvalue weighted by Gasteiger charge is -2.18. The Morgan fingerprint density at radius 2 is 1.95 bits per heavy atom. The molecule has 0 spiro atoms. The molecule has 114 valence electrons. The minimum absolute atomic E-state index is 0.0770. The molecule has 1 aromatic rings. The van der Waals surface area contributed by atoms with E-state index in [0.717, 1.165) is 4.90 Å². The second-order valence-electron chi connectivity index (χ2n) is 4.80. The molecule has 1 aliphatic heterocycles. The Morgan fingerprint density at radius 1 is 1.33 bits per heavy atom. The summed E-state index contributed by atoms with van der Waals surface area (Å²) in [6, 6.07) is 6.67. The van der Waals surface area contributed by atoms with Crippen LogP contribution in [0.2, 0.25) is 0 Å². The number of hydrogen-bond acceptors (Lipinski definition) is 4. The van der Waals surface area contributed by atoms with E-state index < -0.39 is 24.1 Å². The second-order valence-corrected chi connectivity index (χ2v) is 4.80. The van der Waals surface area contributed by atoms with Crippen LogP contribution in [0.1, 0.15) is 6.42 Å². The third-order valence-corrected chi connectivity index (χ3v) is 3.38. The van der Waals surface area contributed by atoms with Gasteiger partial charge in [-0.25, -0.2) is 9.18 Å². The van der Waals surface area contributed by atoms with Gasteiger partial charge in [0.1, 0.15) is 11.5 Å². The maximum atomic E-state index is 13.8. The Balaban J connectivity index is 1.86. The zero-order valence-electron chi connectivity index (χ0n) is 11.5. The molecule has 1 atom stereocenters. The van der Waals surface area contributed by atoms with E-state index in [4.69, 9.17) is 14.6 Å². The summed E-state index contributed by atoms with van der Waals surface area (Å²) in [6.07, 6.45) is -0.198. The van der Waals surface area contributed by atoms with Gasteiger partial charge in [0.2, 0.25) is 5.67 Å². The fraction of sp³-hybridized carbons (Fsp3) is 0.429. The number of rotatable bonds is 5. The van der Waals surface area contributed by atoms with Crippen LogP contribution >= 0.6 is 0 Å². The van der Waals surface area contributed by atoms with Crippen LogP contribution in [0.25, 0.3) is 0 Å². The molecule has 0 radical (unpaired) electrons. The standard InChI is InChI=1S/C14H16FNO5/c1-20-10-2-4-11(5-3-10)21-8-12(17)16-7-6-14(15,9-16)13(18)19/h2-5H,6-9H2,1H3,(H,18,19). The number of halogens is 1. The van der Waals surface area contributed by atoms with E-state index in [1.807, 2.05) is 0 Å². The second kappa shape index (κ2) is 5.99. The van der Waals surface area contributed by atoms with Gasteiger partial charge in [-0.2, -0.15) is 0 Å². The minimum atomic E-state index is -2.35. The largest absolute Gasteiger partial charge is 0.497 e. The average Bonchev–Trinajstić information content (AvgIpc) is 2.89. The number of aliphatic carboxylic acids is 1. The molecule has 1 N–H and O–H groups in total. The lowest BCUT2D eigenvalue weighted by molar-refractivity contribution is -0.150. The number of carboxylic acid groups (broad SMARTS) is 1. The Labute approximate surface area is 121 Å². The molecular weight excluding hydrogens is 281 g/mol. The highest BCUT2D eigenvalue weighted by Gasteiger charge is 2.46. The molecule has 21 heavy (non-hydrogen) atoms. The number of ether oxygens (including phenoxy) is 2. The van der Waals surface area contributed by atoms with E-state index >= 15 is 0 Å². The molecule has 1 aromatic carbocycles. The highest BCUT2D eigenvalue weighted by Crippen LogP contribution is 2.26. The number of likely N-dealkylation sites (tertiary alicyclic amines) is 1. The molecule has 1 heterocycles. The third kappa shape index (κ3) is 3.42. The lowest BCUT2D eigenvalue weighted by atomic mass is 10.1. The number of carbonyl (C=O) groups is 2. The normalized spacial score (nSPS) is 21.1. The Kier molecular flexibility index (Phi) is 4.30. The van der Waals surface area contributed by atoms with Gasteiger partial charge in [-0.05, 0) is 24.3 Å². The molecule has 1 saturated heterocycles. The van der Waals surface area contributed by atoms with Crippen molar-refractivity contribution in [3.8, 4) is 11.5 Å². The van der Waals surface area contributed by atoms with Gasteiger partial charge in [-0.15, -0.1) is 0 Å². The van der Waals surface area contributed by atoms with E-state index in [0.29, 0.717) is 11.5 Å². The fourth-order valence-electron chi connectivity index (χ4n) is 2.07. The monoisotopic (exact) mass is 297 g/mol. The van der Waals surface area contributed by atoms with Crippen molar-refractivity contribution in [1.82, 2.24) is 4.90 Å². The number of carbonyl (C=O) groups excluding carboxylic acids is 1. The van der Waals surface area contributed by atoms with Gasteiger partial charge in [-0.3, -0.25) is 4.79 Å². The third-order valence-electron chi connectivity index (χ3n) is 3.38. The predicted molar refractivity (Wildman–Crippen MR) is 71.2 cm³/mol. The van der Waals surface area contributed by atoms with E-state index in [9.17, 15) is 14.0 Å². The molecule has 7 heteroatoms. The van der Waals surface area contributed by atoms with Crippen LogP contribution in [0, 0.1) is 0 Å². The quantitative estimate of drug-likeness (QED) is 0.880. The number of hydrogen-bond donors (Lipinski definition) is 1. The van der Waals surface area contributed by atoms with Crippen molar-refractivity contribution >= 4 is 11.9 Å². The van der Waals surface area contributed by atoms with Crippen molar-refractivity contribution < 1.29 is 28.6 Å². The Hall–Kier alpha value is -2.31. The molecule has 1 unspecified atom stereocenters. The van der Waals surface area contributed by atoms with Crippen LogP contribution in [-0.4, -0.2) is 54.4 Å². The van der Waals surface area contributed by atoms with E-state index in [2.05, 4.69) is 0 Å². The number of methoxy groups -OCH3 is 1. The van der Waals surface area contributed by atoms with Crippen LogP contribution in [0.3, 0.4) is 0 Å². The van der Waals surface area contributed by atoms with E-state index in [1.165, 1.54) is 0 Å². The van der Waals surface area contributed by atoms with Crippen LogP contribution in [0.4, 0.5) is 4.39 Å². The van der Waals surface area contributed by atoms with Gasteiger partial charge in [0.05, 0.1) is 13.7 Å². The van der Waals surface area contributed by atoms with Crippen molar-refractivity contribution in [3.63, 3.8) is 0 Å². The first kappa shape index (κ1) is 15.1. The first-order chi connectivity index (χ1) is 9.94. The molecule has 6 nitrogen and oxygen atoms in total. The summed E-state index contributed by atoms with van der Waals surface area (Å²) in [5, 5.41) is 8.77. The van der Waals surface area contributed by atoms with Crippen molar-refractivity contribution in [2.75, 3.05) is 26.8 Å². The van der Waals surface area contributed by atoms with Crippen LogP contribution in [-0.2, 0) is 9.59 Å². The molecule has 2 rings (SSSR count). The molecule has 0 aliphatic carbocycles. The van der Waals surface area contributed by atoms with Gasteiger partial charge < -0.3 is 19.5 Å². The van der Waals surface area contributed by atoms with Gasteiger partial charge in [0.15, 0.2) is 6.61 Å². The summed E-state index contributed by atoms with van der Waals surface area (Å²) >= 11 is 0. The predicted octanol–water partition coefficient (Wildman–Crippen LogP) is 1.10. The highest BCUT2D eigenvalue weighted by atomic mass is 19.1. The number of amides is 1. The van der Waals surface area contributed by atoms with Crippen molar-refractivity contribution in [2.24, 2.45) is 0 Å². The van der Waals surface area contributed by atoms with E-state index in [-0.39, 0.29) is 19.6 Å². The van der Waals surface area contributed by atoms with E-state index in [1.54, 1.807) is 31.4 Å². The Bertz CT molecular complexity index is 533. The summed E-state index contributed by atoms with van der Waals surface area (Å²) in [5.41, 5.74) is -2.35. The minimum Gasteiger partial charge on any atom is -0.497 e. The van der Waals surface area contributed by atoms with Gasteiger partial charge in [0.25, 0.3) is 5.91 Å². The van der Waals surface area contributed by atoms with Gasteiger partial charge in [0, 0.05) is 13.0 Å². The van der Waals surface area contributed by atoms with Crippen molar-refractivity contribution in [2.45, 2.75) is 12.1 Å². The van der Waals surface area contributed by atoms with Gasteiger partial charge in [-0.1, -0.05) is 0 Å². The first-order valence-electron chi connectivity index (χ1n) is 6.41. The number of alkyl halides is 1. The lowest BCUT2D eigenvalue weighted by Crippen LogP contribution is -2.40. The Morgan fingerprint density at radius 3 is 2.48 bits per heavy atom. The highest BCUT2D eigenvalue weighted by molar-refractivity contribution is 5.83. The van der Waals surface area contributed by atoms with Crippen molar-refractivity contribution in [3.05, 3.63) is 24.3 Å². The van der Waals surface area contributed by atoms with Crippen LogP contribution in [0.15, 0.2) is 24.3 Å². The first-order valence-corrected chi connectivity index (χ1v) is 6.41. The summed E-state index contributed by atoms with van der Waals surface area (Å²) in [6.45, 7) is -0.622. The maximum absolute atomic E-state index is 13.8. The number of nitrogens with zero attached hydrogens (tertiary/aromatic N) is 1. The van der Waals surface area contributed by atoms with Crippen molar-refractivity contribution in [1.29, 1.82) is 0 Å².